The highest BCUT2D eigenvalue weighted by Crippen LogP contribution is 1.93. The topological polar surface area (TPSA) is 35.9 Å². The average molecular weight is 218 g/mol. The van der Waals surface area contributed by atoms with E-state index in [1.807, 2.05) is 14.0 Å². The van der Waals surface area contributed by atoms with Gasteiger partial charge in [-0.15, -0.1) is 0 Å². The number of hydrogen-bond donors (Lipinski definition) is 1. The number of likely N-dealkylation sites (N-methyl/N-ethyl adjacent to an activating group) is 1. The molecule has 0 amide bonds. The molecule has 4 heteroatoms. The summed E-state index contributed by atoms with van der Waals surface area (Å²) in [5.74, 6) is 0. The molecule has 0 aliphatic heterocycles. The molecule has 0 radical (unpaired) electrons. The molecule has 0 aromatic heterocycles. The Morgan fingerprint density at radius 1 is 1.20 bits per heavy atom. The van der Waals surface area contributed by atoms with Crippen molar-refractivity contribution in [3.63, 3.8) is 0 Å². The third kappa shape index (κ3) is 10.1. The Balaban J connectivity index is 3.42. The number of nitrogens with zero attached hydrogens (tertiary/aromatic N) is 2. The van der Waals surface area contributed by atoms with E-state index in [1.54, 1.807) is 0 Å². The lowest BCUT2D eigenvalue weighted by Crippen LogP contribution is -2.33. The molecule has 0 aliphatic carbocycles. The maximum absolute atomic E-state index is 9.58. The summed E-state index contributed by atoms with van der Waals surface area (Å²) in [6, 6.07) is 0. The molecule has 0 aromatic rings. The lowest BCUT2D eigenvalue weighted by molar-refractivity contribution is 0.0252. The molecule has 15 heavy (non-hydrogen) atoms. The SMILES string of the molecule is CCOCC(O)CN(C)CCCN(C)C. The van der Waals surface area contributed by atoms with Crippen molar-refractivity contribution in [2.75, 3.05) is 54.0 Å². The summed E-state index contributed by atoms with van der Waals surface area (Å²) >= 11 is 0. The van der Waals surface area contributed by atoms with Crippen molar-refractivity contribution in [2.45, 2.75) is 19.4 Å². The van der Waals surface area contributed by atoms with Gasteiger partial charge in [-0.2, -0.15) is 0 Å². The Hall–Kier alpha value is -0.160. The van der Waals surface area contributed by atoms with Crippen molar-refractivity contribution < 1.29 is 9.84 Å². The van der Waals surface area contributed by atoms with Crippen molar-refractivity contribution in [3.8, 4) is 0 Å². The van der Waals surface area contributed by atoms with Crippen LogP contribution in [-0.4, -0.2) is 75.0 Å². The molecular weight excluding hydrogens is 192 g/mol. The van der Waals surface area contributed by atoms with Crippen molar-refractivity contribution in [3.05, 3.63) is 0 Å². The van der Waals surface area contributed by atoms with E-state index in [4.69, 9.17) is 4.74 Å². The van der Waals surface area contributed by atoms with E-state index in [1.165, 1.54) is 0 Å². The van der Waals surface area contributed by atoms with Crippen LogP contribution in [0, 0.1) is 0 Å². The maximum atomic E-state index is 9.58. The molecule has 0 aromatic carbocycles. The molecule has 0 heterocycles. The summed E-state index contributed by atoms with van der Waals surface area (Å²) in [7, 11) is 6.18. The highest BCUT2D eigenvalue weighted by molar-refractivity contribution is 4.61. The number of aliphatic hydroxyl groups is 1. The summed E-state index contributed by atoms with van der Waals surface area (Å²) in [6.45, 7) is 5.84. The van der Waals surface area contributed by atoms with E-state index in [2.05, 4.69) is 23.9 Å². The summed E-state index contributed by atoms with van der Waals surface area (Å²) in [4.78, 5) is 4.32. The molecule has 1 unspecified atom stereocenters. The van der Waals surface area contributed by atoms with Crippen LogP contribution in [0.3, 0.4) is 0 Å². The third-order valence-electron chi connectivity index (χ3n) is 2.18. The van der Waals surface area contributed by atoms with Gasteiger partial charge in [-0.05, 0) is 47.6 Å². The van der Waals surface area contributed by atoms with Crippen LogP contribution in [0.1, 0.15) is 13.3 Å². The molecule has 0 rings (SSSR count). The quantitative estimate of drug-likeness (QED) is 0.602. The molecule has 0 fully saturated rings. The van der Waals surface area contributed by atoms with Crippen LogP contribution in [0.2, 0.25) is 0 Å². The zero-order chi connectivity index (χ0) is 11.7. The van der Waals surface area contributed by atoms with Gasteiger partial charge in [0.15, 0.2) is 0 Å². The minimum Gasteiger partial charge on any atom is -0.389 e. The maximum Gasteiger partial charge on any atom is 0.0900 e. The molecule has 92 valence electrons. The van der Waals surface area contributed by atoms with Gasteiger partial charge in [0.1, 0.15) is 0 Å². The minimum atomic E-state index is -0.366. The highest BCUT2D eigenvalue weighted by atomic mass is 16.5. The second-order valence-corrected chi connectivity index (χ2v) is 4.23. The number of aliphatic hydroxyl groups excluding tert-OH is 1. The van der Waals surface area contributed by atoms with Crippen LogP contribution in [0.25, 0.3) is 0 Å². The van der Waals surface area contributed by atoms with Gasteiger partial charge < -0.3 is 19.6 Å². The fourth-order valence-corrected chi connectivity index (χ4v) is 1.41. The predicted molar refractivity (Wildman–Crippen MR) is 63.2 cm³/mol. The van der Waals surface area contributed by atoms with Crippen LogP contribution >= 0.6 is 0 Å². The Labute approximate surface area is 93.8 Å². The standard InChI is InChI=1S/C11H26N2O2/c1-5-15-10-11(14)9-13(4)8-6-7-12(2)3/h11,14H,5-10H2,1-4H3. The smallest absolute Gasteiger partial charge is 0.0900 e. The number of hydrogen-bond acceptors (Lipinski definition) is 4. The summed E-state index contributed by atoms with van der Waals surface area (Å²) < 4.78 is 5.15. The molecular formula is C11H26N2O2. The van der Waals surface area contributed by atoms with E-state index >= 15 is 0 Å². The van der Waals surface area contributed by atoms with Crippen LogP contribution in [0.5, 0.6) is 0 Å². The number of ether oxygens (including phenoxy) is 1. The van der Waals surface area contributed by atoms with Gasteiger partial charge in [0.2, 0.25) is 0 Å². The van der Waals surface area contributed by atoms with Gasteiger partial charge >= 0.3 is 0 Å². The number of rotatable bonds is 9. The molecule has 1 atom stereocenters. The summed E-state index contributed by atoms with van der Waals surface area (Å²) in [5.41, 5.74) is 0. The van der Waals surface area contributed by atoms with Crippen molar-refractivity contribution in [1.29, 1.82) is 0 Å². The molecule has 4 nitrogen and oxygen atoms in total. The molecule has 0 bridgehead atoms. The Kier molecular flexibility index (Phi) is 9.00. The van der Waals surface area contributed by atoms with Crippen molar-refractivity contribution >= 4 is 0 Å². The Morgan fingerprint density at radius 3 is 2.40 bits per heavy atom. The summed E-state index contributed by atoms with van der Waals surface area (Å²) in [6.07, 6.45) is 0.763. The highest BCUT2D eigenvalue weighted by Gasteiger charge is 2.07. The molecule has 1 N–H and O–H groups in total. The normalized spacial score (nSPS) is 13.8. The lowest BCUT2D eigenvalue weighted by atomic mass is 10.3. The van der Waals surface area contributed by atoms with E-state index in [0.29, 0.717) is 19.8 Å². The van der Waals surface area contributed by atoms with Gasteiger partial charge in [-0.1, -0.05) is 0 Å². The first-order valence-corrected chi connectivity index (χ1v) is 5.65. The van der Waals surface area contributed by atoms with Crippen LogP contribution in [0.15, 0.2) is 0 Å². The second-order valence-electron chi connectivity index (χ2n) is 4.23. The fraction of sp³-hybridized carbons (Fsp3) is 1.00. The van der Waals surface area contributed by atoms with E-state index in [0.717, 1.165) is 19.5 Å². The second kappa shape index (κ2) is 9.09. The van der Waals surface area contributed by atoms with E-state index in [-0.39, 0.29) is 6.10 Å². The third-order valence-corrected chi connectivity index (χ3v) is 2.18. The van der Waals surface area contributed by atoms with Gasteiger partial charge in [-0.25, -0.2) is 0 Å². The van der Waals surface area contributed by atoms with Gasteiger partial charge in [0.05, 0.1) is 12.7 Å². The molecule has 0 saturated heterocycles. The first-order chi connectivity index (χ1) is 7.06. The molecule has 0 aliphatic rings. The zero-order valence-electron chi connectivity index (χ0n) is 10.6. The average Bonchev–Trinajstić information content (AvgIpc) is 2.14. The Morgan fingerprint density at radius 2 is 1.87 bits per heavy atom. The predicted octanol–water partition coefficient (Wildman–Crippen LogP) is 0.267. The van der Waals surface area contributed by atoms with E-state index in [9.17, 15) is 5.11 Å². The monoisotopic (exact) mass is 218 g/mol. The van der Waals surface area contributed by atoms with Crippen LogP contribution in [-0.2, 0) is 4.74 Å². The largest absolute Gasteiger partial charge is 0.389 e. The van der Waals surface area contributed by atoms with Gasteiger partial charge in [0, 0.05) is 13.2 Å². The fourth-order valence-electron chi connectivity index (χ4n) is 1.41. The van der Waals surface area contributed by atoms with Crippen molar-refractivity contribution in [2.24, 2.45) is 0 Å². The molecule has 0 spiro atoms. The first kappa shape index (κ1) is 14.8. The van der Waals surface area contributed by atoms with E-state index < -0.39 is 0 Å². The minimum absolute atomic E-state index is 0.366. The molecule has 0 saturated carbocycles. The van der Waals surface area contributed by atoms with Crippen molar-refractivity contribution in [1.82, 2.24) is 9.80 Å². The first-order valence-electron chi connectivity index (χ1n) is 5.65. The van der Waals surface area contributed by atoms with Crippen LogP contribution in [0.4, 0.5) is 0 Å². The Bertz CT molecular complexity index is 143. The van der Waals surface area contributed by atoms with Crippen LogP contribution < -0.4 is 0 Å². The zero-order valence-corrected chi connectivity index (χ0v) is 10.6. The van der Waals surface area contributed by atoms with Gasteiger partial charge in [0.25, 0.3) is 0 Å². The lowest BCUT2D eigenvalue weighted by Gasteiger charge is -2.21. The summed E-state index contributed by atoms with van der Waals surface area (Å²) in [5, 5.41) is 9.58. The van der Waals surface area contributed by atoms with Gasteiger partial charge in [-0.3, -0.25) is 0 Å².